The molecule has 0 radical (unpaired) electrons. The van der Waals surface area contributed by atoms with Crippen LogP contribution in [0.4, 0.5) is 4.79 Å². The van der Waals surface area contributed by atoms with Gasteiger partial charge in [0.05, 0.1) is 6.33 Å². The van der Waals surface area contributed by atoms with Gasteiger partial charge in [0.15, 0.2) is 0 Å². The number of rotatable bonds is 4. The molecule has 2 rings (SSSR count). The molecule has 110 valence electrons. The maximum absolute atomic E-state index is 12.2. The number of carboxylic acid groups (broad SMARTS) is 1. The number of carbonyl (C=O) groups is 2. The number of hydrogen-bond acceptors (Lipinski definition) is 3. The summed E-state index contributed by atoms with van der Waals surface area (Å²) >= 11 is 0. The molecule has 2 amide bonds. The van der Waals surface area contributed by atoms with Crippen LogP contribution < -0.4 is 5.32 Å². The molecule has 1 aliphatic heterocycles. The Morgan fingerprint density at radius 3 is 3.00 bits per heavy atom. The van der Waals surface area contributed by atoms with Gasteiger partial charge in [0, 0.05) is 30.9 Å². The van der Waals surface area contributed by atoms with Gasteiger partial charge in [-0.1, -0.05) is 0 Å². The molecule has 1 aromatic rings. The Bertz CT molecular complexity index is 460. The third-order valence-corrected chi connectivity index (χ3v) is 3.64. The van der Waals surface area contributed by atoms with Crippen molar-refractivity contribution in [3.63, 3.8) is 0 Å². The second-order valence-corrected chi connectivity index (χ2v) is 5.16. The van der Waals surface area contributed by atoms with Crippen molar-refractivity contribution in [3.05, 3.63) is 18.2 Å². The summed E-state index contributed by atoms with van der Waals surface area (Å²) in [5.74, 6) is -1.04. The van der Waals surface area contributed by atoms with E-state index < -0.39 is 12.0 Å². The fourth-order valence-corrected chi connectivity index (χ4v) is 2.45. The normalized spacial score (nSPS) is 20.4. The van der Waals surface area contributed by atoms with Gasteiger partial charge < -0.3 is 20.3 Å². The van der Waals surface area contributed by atoms with Crippen LogP contribution in [0.1, 0.15) is 31.9 Å². The molecule has 7 heteroatoms. The van der Waals surface area contributed by atoms with Crippen molar-refractivity contribution in [2.45, 2.75) is 44.7 Å². The third kappa shape index (κ3) is 3.49. The van der Waals surface area contributed by atoms with Crippen LogP contribution in [0, 0.1) is 0 Å². The van der Waals surface area contributed by atoms with Gasteiger partial charge in [-0.15, -0.1) is 0 Å². The number of urea groups is 1. The SMILES string of the molecule is CC1CCCCN1C(=O)N[C@H](Cc1cnc[nH]1)C(=O)O. The number of amides is 2. The number of likely N-dealkylation sites (tertiary alicyclic amines) is 1. The second-order valence-electron chi connectivity index (χ2n) is 5.16. The number of nitrogens with zero attached hydrogens (tertiary/aromatic N) is 2. The van der Waals surface area contributed by atoms with E-state index in [-0.39, 0.29) is 18.5 Å². The molecule has 1 fully saturated rings. The van der Waals surface area contributed by atoms with Crippen LogP contribution in [0.5, 0.6) is 0 Å². The summed E-state index contributed by atoms with van der Waals surface area (Å²) in [6.45, 7) is 2.67. The molecule has 0 aromatic carbocycles. The minimum absolute atomic E-state index is 0.158. The topological polar surface area (TPSA) is 98.3 Å². The van der Waals surface area contributed by atoms with Crippen molar-refractivity contribution in [1.29, 1.82) is 0 Å². The molecule has 1 aromatic heterocycles. The number of carbonyl (C=O) groups excluding carboxylic acids is 1. The van der Waals surface area contributed by atoms with E-state index in [1.807, 2.05) is 6.92 Å². The number of imidazole rings is 1. The van der Waals surface area contributed by atoms with Gasteiger partial charge in [-0.05, 0) is 26.2 Å². The van der Waals surface area contributed by atoms with E-state index in [1.54, 1.807) is 11.1 Å². The Kier molecular flexibility index (Phi) is 4.60. The summed E-state index contributed by atoms with van der Waals surface area (Å²) in [7, 11) is 0. The van der Waals surface area contributed by atoms with Crippen molar-refractivity contribution in [1.82, 2.24) is 20.2 Å². The molecule has 0 spiro atoms. The number of piperidine rings is 1. The number of aromatic nitrogens is 2. The highest BCUT2D eigenvalue weighted by Crippen LogP contribution is 2.16. The maximum atomic E-state index is 12.2. The van der Waals surface area contributed by atoms with Crippen molar-refractivity contribution in [3.8, 4) is 0 Å². The smallest absolute Gasteiger partial charge is 0.326 e. The zero-order valence-corrected chi connectivity index (χ0v) is 11.5. The predicted octanol–water partition coefficient (Wildman–Crippen LogP) is 0.989. The van der Waals surface area contributed by atoms with Crippen molar-refractivity contribution in [2.24, 2.45) is 0 Å². The molecule has 3 N–H and O–H groups in total. The molecule has 7 nitrogen and oxygen atoms in total. The first-order chi connectivity index (χ1) is 9.58. The Balaban J connectivity index is 1.96. The Hall–Kier alpha value is -2.05. The van der Waals surface area contributed by atoms with Crippen LogP contribution in [0.25, 0.3) is 0 Å². The molecular formula is C13H20N4O3. The Labute approximate surface area is 117 Å². The lowest BCUT2D eigenvalue weighted by atomic mass is 10.0. The number of nitrogens with one attached hydrogen (secondary N) is 2. The van der Waals surface area contributed by atoms with E-state index in [2.05, 4.69) is 15.3 Å². The van der Waals surface area contributed by atoms with E-state index in [4.69, 9.17) is 0 Å². The largest absolute Gasteiger partial charge is 0.480 e. The zero-order valence-electron chi connectivity index (χ0n) is 11.5. The molecule has 1 unspecified atom stereocenters. The Morgan fingerprint density at radius 2 is 2.40 bits per heavy atom. The fourth-order valence-electron chi connectivity index (χ4n) is 2.45. The number of carboxylic acids is 1. The van der Waals surface area contributed by atoms with Crippen molar-refractivity contribution >= 4 is 12.0 Å². The van der Waals surface area contributed by atoms with E-state index in [0.29, 0.717) is 12.2 Å². The lowest BCUT2D eigenvalue weighted by Gasteiger charge is -2.34. The van der Waals surface area contributed by atoms with Crippen LogP contribution in [0.15, 0.2) is 12.5 Å². The molecule has 2 heterocycles. The van der Waals surface area contributed by atoms with Crippen LogP contribution >= 0.6 is 0 Å². The van der Waals surface area contributed by atoms with E-state index >= 15 is 0 Å². The lowest BCUT2D eigenvalue weighted by molar-refractivity contribution is -0.139. The summed E-state index contributed by atoms with van der Waals surface area (Å²) in [5, 5.41) is 11.8. The van der Waals surface area contributed by atoms with Gasteiger partial charge in [0.2, 0.25) is 0 Å². The predicted molar refractivity (Wildman–Crippen MR) is 72.3 cm³/mol. The molecule has 1 aliphatic rings. The maximum Gasteiger partial charge on any atom is 0.326 e. The summed E-state index contributed by atoms with van der Waals surface area (Å²) in [4.78, 5) is 31.8. The van der Waals surface area contributed by atoms with Gasteiger partial charge in [0.25, 0.3) is 0 Å². The molecule has 0 saturated carbocycles. The molecular weight excluding hydrogens is 260 g/mol. The van der Waals surface area contributed by atoms with Crippen molar-refractivity contribution in [2.75, 3.05) is 6.54 Å². The first kappa shape index (κ1) is 14.4. The highest BCUT2D eigenvalue weighted by atomic mass is 16.4. The summed E-state index contributed by atoms with van der Waals surface area (Å²) < 4.78 is 0. The number of aliphatic carboxylic acids is 1. The van der Waals surface area contributed by atoms with Gasteiger partial charge in [-0.2, -0.15) is 0 Å². The summed E-state index contributed by atoms with van der Waals surface area (Å²) in [6, 6.07) is -1.09. The molecule has 0 aliphatic carbocycles. The number of hydrogen-bond donors (Lipinski definition) is 3. The summed E-state index contributed by atoms with van der Waals surface area (Å²) in [5.41, 5.74) is 0.685. The average Bonchev–Trinajstić information content (AvgIpc) is 2.91. The number of aromatic amines is 1. The standard InChI is InChI=1S/C13H20N4O3/c1-9-4-2-3-5-17(9)13(20)16-11(12(18)19)6-10-7-14-8-15-10/h7-9,11H,2-6H2,1H3,(H,14,15)(H,16,20)(H,18,19)/t9?,11-/m1/s1. The van der Waals surface area contributed by atoms with Crippen LogP contribution in [0.2, 0.25) is 0 Å². The van der Waals surface area contributed by atoms with Gasteiger partial charge >= 0.3 is 12.0 Å². The van der Waals surface area contributed by atoms with Crippen LogP contribution in [0.3, 0.4) is 0 Å². The highest BCUT2D eigenvalue weighted by Gasteiger charge is 2.27. The lowest BCUT2D eigenvalue weighted by Crippen LogP contribution is -2.52. The third-order valence-electron chi connectivity index (χ3n) is 3.64. The second kappa shape index (κ2) is 6.40. The molecule has 0 bridgehead atoms. The van der Waals surface area contributed by atoms with Crippen LogP contribution in [-0.2, 0) is 11.2 Å². The van der Waals surface area contributed by atoms with E-state index in [9.17, 15) is 14.7 Å². The minimum atomic E-state index is -1.04. The molecule has 1 saturated heterocycles. The monoisotopic (exact) mass is 280 g/mol. The molecule has 20 heavy (non-hydrogen) atoms. The first-order valence-electron chi connectivity index (χ1n) is 6.85. The van der Waals surface area contributed by atoms with Gasteiger partial charge in [0.1, 0.15) is 6.04 Å². The fraction of sp³-hybridized carbons (Fsp3) is 0.615. The van der Waals surface area contributed by atoms with Gasteiger partial charge in [-0.3, -0.25) is 0 Å². The quantitative estimate of drug-likeness (QED) is 0.766. The molecule has 2 atom stereocenters. The minimum Gasteiger partial charge on any atom is -0.480 e. The van der Waals surface area contributed by atoms with Gasteiger partial charge in [-0.25, -0.2) is 14.6 Å². The summed E-state index contributed by atoms with van der Waals surface area (Å²) in [6.07, 6.45) is 6.29. The highest BCUT2D eigenvalue weighted by molar-refractivity contribution is 5.83. The first-order valence-corrected chi connectivity index (χ1v) is 6.85. The van der Waals surface area contributed by atoms with Crippen LogP contribution in [-0.4, -0.2) is 50.6 Å². The Morgan fingerprint density at radius 1 is 1.60 bits per heavy atom. The zero-order chi connectivity index (χ0) is 14.5. The average molecular weight is 280 g/mol. The number of H-pyrrole nitrogens is 1. The van der Waals surface area contributed by atoms with Crippen molar-refractivity contribution < 1.29 is 14.7 Å². The van der Waals surface area contributed by atoms with E-state index in [1.165, 1.54) is 6.33 Å². The van der Waals surface area contributed by atoms with E-state index in [0.717, 1.165) is 19.3 Å².